The maximum absolute atomic E-state index is 6.44. The van der Waals surface area contributed by atoms with Gasteiger partial charge < -0.3 is 9.47 Å². The van der Waals surface area contributed by atoms with E-state index >= 15 is 0 Å². The zero-order valence-electron chi connectivity index (χ0n) is 9.77. The monoisotopic (exact) mass is 211 g/mol. The summed E-state index contributed by atoms with van der Waals surface area (Å²) < 4.78 is 12.0. The maximum Gasteiger partial charge on any atom is 0.120 e. The molecular weight excluding hydrogens is 190 g/mol. The Hall–Kier alpha value is -0.120. The van der Waals surface area contributed by atoms with Crippen molar-refractivity contribution >= 4 is 0 Å². The quantitative estimate of drug-likeness (QED) is 0.661. The Bertz CT molecular complexity index is 265. The van der Waals surface area contributed by atoms with Crippen molar-refractivity contribution in [3.63, 3.8) is 0 Å². The SMILES string of the molecule is CC1(C)CNC2(CCC2)OC12CCOC2. The summed E-state index contributed by atoms with van der Waals surface area (Å²) in [4.78, 5) is 0. The zero-order chi connectivity index (χ0) is 10.6. The maximum atomic E-state index is 6.44. The Kier molecular flexibility index (Phi) is 1.99. The molecule has 1 unspecified atom stereocenters. The van der Waals surface area contributed by atoms with Gasteiger partial charge in [-0.3, -0.25) is 5.32 Å². The summed E-state index contributed by atoms with van der Waals surface area (Å²) in [5.74, 6) is 0. The lowest BCUT2D eigenvalue weighted by Gasteiger charge is -2.58. The second-order valence-electron chi connectivity index (χ2n) is 5.98. The first-order valence-electron chi connectivity index (χ1n) is 6.11. The van der Waals surface area contributed by atoms with E-state index in [-0.39, 0.29) is 16.7 Å². The summed E-state index contributed by atoms with van der Waals surface area (Å²) in [7, 11) is 0. The smallest absolute Gasteiger partial charge is 0.120 e. The summed E-state index contributed by atoms with van der Waals surface area (Å²) in [5.41, 5.74) is 0.159. The largest absolute Gasteiger partial charge is 0.378 e. The molecule has 2 aliphatic heterocycles. The predicted molar refractivity (Wildman–Crippen MR) is 57.6 cm³/mol. The van der Waals surface area contributed by atoms with Crippen molar-refractivity contribution in [2.45, 2.75) is 50.9 Å². The third-order valence-corrected chi connectivity index (χ3v) is 4.62. The molecular formula is C12H21NO2. The van der Waals surface area contributed by atoms with Crippen LogP contribution in [0.5, 0.6) is 0 Å². The van der Waals surface area contributed by atoms with Crippen molar-refractivity contribution in [1.29, 1.82) is 0 Å². The van der Waals surface area contributed by atoms with Crippen LogP contribution in [0.25, 0.3) is 0 Å². The van der Waals surface area contributed by atoms with E-state index in [0.29, 0.717) is 0 Å². The molecule has 0 bridgehead atoms. The van der Waals surface area contributed by atoms with Crippen LogP contribution in [0, 0.1) is 5.41 Å². The Morgan fingerprint density at radius 2 is 1.93 bits per heavy atom. The molecule has 3 nitrogen and oxygen atoms in total. The van der Waals surface area contributed by atoms with Crippen LogP contribution in [0.1, 0.15) is 39.5 Å². The molecule has 0 radical (unpaired) electrons. The summed E-state index contributed by atoms with van der Waals surface area (Å²) in [6.45, 7) is 7.28. The van der Waals surface area contributed by atoms with E-state index in [4.69, 9.17) is 9.47 Å². The van der Waals surface area contributed by atoms with Crippen molar-refractivity contribution in [2.24, 2.45) is 5.41 Å². The third kappa shape index (κ3) is 1.30. The van der Waals surface area contributed by atoms with Crippen molar-refractivity contribution in [3.05, 3.63) is 0 Å². The van der Waals surface area contributed by atoms with Crippen LogP contribution in [0.3, 0.4) is 0 Å². The van der Waals surface area contributed by atoms with Crippen molar-refractivity contribution < 1.29 is 9.47 Å². The van der Waals surface area contributed by atoms with Crippen LogP contribution >= 0.6 is 0 Å². The van der Waals surface area contributed by atoms with Crippen LogP contribution in [0.4, 0.5) is 0 Å². The minimum atomic E-state index is -0.0291. The van der Waals surface area contributed by atoms with Crippen molar-refractivity contribution in [2.75, 3.05) is 19.8 Å². The molecule has 1 N–H and O–H groups in total. The van der Waals surface area contributed by atoms with Crippen molar-refractivity contribution in [3.8, 4) is 0 Å². The average Bonchev–Trinajstić information content (AvgIpc) is 2.58. The minimum absolute atomic E-state index is 0.00319. The van der Waals surface area contributed by atoms with Gasteiger partial charge in [-0.15, -0.1) is 0 Å². The fraction of sp³-hybridized carbons (Fsp3) is 1.00. The molecule has 0 aromatic heterocycles. The molecule has 3 heteroatoms. The molecule has 1 aliphatic carbocycles. The van der Waals surface area contributed by atoms with Crippen molar-refractivity contribution in [1.82, 2.24) is 5.32 Å². The molecule has 0 aromatic carbocycles. The van der Waals surface area contributed by atoms with Gasteiger partial charge in [-0.2, -0.15) is 0 Å². The van der Waals surface area contributed by atoms with Crippen LogP contribution in [0.15, 0.2) is 0 Å². The zero-order valence-corrected chi connectivity index (χ0v) is 9.77. The van der Waals surface area contributed by atoms with Crippen LogP contribution in [-0.4, -0.2) is 31.1 Å². The molecule has 0 amide bonds. The van der Waals surface area contributed by atoms with E-state index < -0.39 is 0 Å². The lowest BCUT2D eigenvalue weighted by atomic mass is 9.70. The van der Waals surface area contributed by atoms with E-state index in [1.54, 1.807) is 0 Å². The molecule has 3 fully saturated rings. The number of ether oxygens (including phenoxy) is 2. The van der Waals surface area contributed by atoms with E-state index in [1.165, 1.54) is 19.3 Å². The summed E-state index contributed by atoms with van der Waals surface area (Å²) >= 11 is 0. The first-order chi connectivity index (χ1) is 7.08. The van der Waals surface area contributed by atoms with Gasteiger partial charge in [-0.1, -0.05) is 13.8 Å². The standard InChI is InChI=1S/C12H21NO2/c1-10(2)8-13-12(4-3-5-12)15-11(10)6-7-14-9-11/h13H,3-9H2,1-2H3. The lowest BCUT2D eigenvalue weighted by Crippen LogP contribution is -2.70. The highest BCUT2D eigenvalue weighted by Gasteiger charge is 2.58. The van der Waals surface area contributed by atoms with Gasteiger partial charge in [-0.25, -0.2) is 0 Å². The van der Waals surface area contributed by atoms with E-state index in [9.17, 15) is 0 Å². The van der Waals surface area contributed by atoms with Gasteiger partial charge in [0.1, 0.15) is 11.3 Å². The normalized spacial score (nSPS) is 42.0. The van der Waals surface area contributed by atoms with Gasteiger partial charge in [0.15, 0.2) is 0 Å². The molecule has 2 saturated heterocycles. The van der Waals surface area contributed by atoms with E-state index in [0.717, 1.165) is 26.2 Å². The molecule has 3 rings (SSSR count). The van der Waals surface area contributed by atoms with Gasteiger partial charge in [0.25, 0.3) is 0 Å². The Morgan fingerprint density at radius 1 is 1.13 bits per heavy atom. The third-order valence-electron chi connectivity index (χ3n) is 4.62. The Balaban J connectivity index is 1.87. The summed E-state index contributed by atoms with van der Waals surface area (Å²) in [5, 5.41) is 3.60. The average molecular weight is 211 g/mol. The van der Waals surface area contributed by atoms with Gasteiger partial charge in [0.05, 0.1) is 6.61 Å². The second-order valence-corrected chi connectivity index (χ2v) is 5.98. The van der Waals surface area contributed by atoms with E-state index in [2.05, 4.69) is 19.2 Å². The number of hydrogen-bond donors (Lipinski definition) is 1. The highest BCUT2D eigenvalue weighted by atomic mass is 16.6. The Morgan fingerprint density at radius 3 is 2.47 bits per heavy atom. The fourth-order valence-corrected chi connectivity index (χ4v) is 3.03. The molecule has 2 spiro atoms. The Labute approximate surface area is 91.5 Å². The molecule has 0 aromatic rings. The van der Waals surface area contributed by atoms with Crippen LogP contribution < -0.4 is 5.32 Å². The number of hydrogen-bond acceptors (Lipinski definition) is 3. The molecule has 2 heterocycles. The van der Waals surface area contributed by atoms with Gasteiger partial charge in [-0.05, 0) is 19.3 Å². The minimum Gasteiger partial charge on any atom is -0.378 e. The first-order valence-corrected chi connectivity index (χ1v) is 6.11. The molecule has 1 atom stereocenters. The fourth-order valence-electron chi connectivity index (χ4n) is 3.03. The lowest BCUT2D eigenvalue weighted by molar-refractivity contribution is -0.274. The molecule has 15 heavy (non-hydrogen) atoms. The van der Waals surface area contributed by atoms with Crippen LogP contribution in [-0.2, 0) is 9.47 Å². The van der Waals surface area contributed by atoms with E-state index in [1.807, 2.05) is 0 Å². The molecule has 3 aliphatic rings. The molecule has 86 valence electrons. The second kappa shape index (κ2) is 2.96. The van der Waals surface area contributed by atoms with Gasteiger partial charge in [0, 0.05) is 25.0 Å². The molecule has 1 saturated carbocycles. The van der Waals surface area contributed by atoms with Gasteiger partial charge >= 0.3 is 0 Å². The topological polar surface area (TPSA) is 30.5 Å². The summed E-state index contributed by atoms with van der Waals surface area (Å²) in [6.07, 6.45) is 4.70. The number of nitrogens with one attached hydrogen (secondary N) is 1. The van der Waals surface area contributed by atoms with Crippen LogP contribution in [0.2, 0.25) is 0 Å². The number of rotatable bonds is 0. The highest BCUT2D eigenvalue weighted by molar-refractivity contribution is 5.07. The van der Waals surface area contributed by atoms with Gasteiger partial charge in [0.2, 0.25) is 0 Å². The first kappa shape index (κ1) is 10.1. The summed E-state index contributed by atoms with van der Waals surface area (Å²) in [6, 6.07) is 0. The highest BCUT2D eigenvalue weighted by Crippen LogP contribution is 2.50. The predicted octanol–water partition coefficient (Wildman–Crippen LogP) is 1.67.